The maximum absolute atomic E-state index is 4.43. The lowest BCUT2D eigenvalue weighted by Gasteiger charge is -2.15. The summed E-state index contributed by atoms with van der Waals surface area (Å²) in [4.78, 5) is 8.66. The van der Waals surface area contributed by atoms with Gasteiger partial charge >= 0.3 is 0 Å². The zero-order chi connectivity index (χ0) is 9.10. The van der Waals surface area contributed by atoms with Crippen LogP contribution in [0.25, 0.3) is 0 Å². The van der Waals surface area contributed by atoms with Crippen LogP contribution >= 0.6 is 0 Å². The second kappa shape index (κ2) is 3.56. The predicted octanol–water partition coefficient (Wildman–Crippen LogP) is 1.13. The smallest absolute Gasteiger partial charge is 0.130 e. The van der Waals surface area contributed by atoms with Crippen molar-refractivity contribution in [1.29, 1.82) is 0 Å². The summed E-state index contributed by atoms with van der Waals surface area (Å²) in [7, 11) is 0. The molecule has 0 fully saturated rings. The lowest BCUT2D eigenvalue weighted by atomic mass is 10.1. The first-order chi connectivity index (χ1) is 6.38. The molecule has 0 aromatic carbocycles. The van der Waals surface area contributed by atoms with Crippen molar-refractivity contribution in [3.63, 3.8) is 0 Å². The number of aryl methyl sites for hydroxylation is 1. The van der Waals surface area contributed by atoms with Crippen molar-refractivity contribution in [2.45, 2.75) is 13.3 Å². The second-order valence-electron chi connectivity index (χ2n) is 3.15. The van der Waals surface area contributed by atoms with Crippen LogP contribution in [0.4, 0.5) is 0 Å². The fourth-order valence-corrected chi connectivity index (χ4v) is 1.45. The molecular formula is C10H13N3. The molecule has 0 atom stereocenters. The Morgan fingerprint density at radius 2 is 2.38 bits per heavy atom. The Bertz CT molecular complexity index is 331. The minimum atomic E-state index is 0.927. The molecule has 0 spiro atoms. The highest BCUT2D eigenvalue weighted by Crippen LogP contribution is 2.06. The highest BCUT2D eigenvalue weighted by molar-refractivity contribution is 5.99. The van der Waals surface area contributed by atoms with Crippen molar-refractivity contribution in [2.75, 3.05) is 13.1 Å². The Kier molecular flexibility index (Phi) is 2.25. The number of amidine groups is 1. The molecule has 1 aliphatic rings. The van der Waals surface area contributed by atoms with Crippen LogP contribution in [0.2, 0.25) is 0 Å². The van der Waals surface area contributed by atoms with Crippen LogP contribution in [0.5, 0.6) is 0 Å². The molecule has 0 unspecified atom stereocenters. The van der Waals surface area contributed by atoms with Gasteiger partial charge in [-0.05, 0) is 25.5 Å². The summed E-state index contributed by atoms with van der Waals surface area (Å²) < 4.78 is 0. The molecule has 1 aromatic rings. The van der Waals surface area contributed by atoms with E-state index in [4.69, 9.17) is 0 Å². The van der Waals surface area contributed by atoms with Gasteiger partial charge in [0.25, 0.3) is 0 Å². The van der Waals surface area contributed by atoms with Gasteiger partial charge in [-0.15, -0.1) is 0 Å². The number of rotatable bonds is 1. The first-order valence-electron chi connectivity index (χ1n) is 4.58. The third kappa shape index (κ3) is 1.69. The van der Waals surface area contributed by atoms with Gasteiger partial charge in [0, 0.05) is 30.5 Å². The Hall–Kier alpha value is -1.38. The maximum atomic E-state index is 4.43. The van der Waals surface area contributed by atoms with Crippen LogP contribution in [-0.4, -0.2) is 23.9 Å². The molecule has 2 heterocycles. The van der Waals surface area contributed by atoms with Gasteiger partial charge in [-0.1, -0.05) is 0 Å². The average molecular weight is 175 g/mol. The summed E-state index contributed by atoms with van der Waals surface area (Å²) in [6, 6.07) is 4.00. The van der Waals surface area contributed by atoms with E-state index in [9.17, 15) is 0 Å². The summed E-state index contributed by atoms with van der Waals surface area (Å²) >= 11 is 0. The van der Waals surface area contributed by atoms with Crippen LogP contribution in [0.1, 0.15) is 17.7 Å². The number of nitrogens with zero attached hydrogens (tertiary/aromatic N) is 2. The Balaban J connectivity index is 2.34. The zero-order valence-electron chi connectivity index (χ0n) is 7.75. The molecule has 0 amide bonds. The highest BCUT2D eigenvalue weighted by Gasteiger charge is 2.08. The van der Waals surface area contributed by atoms with E-state index in [2.05, 4.69) is 21.4 Å². The van der Waals surface area contributed by atoms with Gasteiger partial charge in [0.05, 0.1) is 0 Å². The lowest BCUT2D eigenvalue weighted by Crippen LogP contribution is -2.30. The molecule has 0 bridgehead atoms. The average Bonchev–Trinajstić information content (AvgIpc) is 2.20. The van der Waals surface area contributed by atoms with Gasteiger partial charge in [-0.2, -0.15) is 0 Å². The van der Waals surface area contributed by atoms with Crippen molar-refractivity contribution in [1.82, 2.24) is 10.3 Å². The van der Waals surface area contributed by atoms with Crippen molar-refractivity contribution >= 4 is 5.84 Å². The maximum Gasteiger partial charge on any atom is 0.130 e. The van der Waals surface area contributed by atoms with Crippen molar-refractivity contribution in [3.05, 3.63) is 29.6 Å². The second-order valence-corrected chi connectivity index (χ2v) is 3.15. The normalized spacial score (nSPS) is 16.2. The highest BCUT2D eigenvalue weighted by atomic mass is 15.0. The zero-order valence-corrected chi connectivity index (χ0v) is 7.75. The van der Waals surface area contributed by atoms with E-state index in [1.54, 1.807) is 0 Å². The third-order valence-corrected chi connectivity index (χ3v) is 2.16. The minimum absolute atomic E-state index is 0.927. The van der Waals surface area contributed by atoms with E-state index in [0.29, 0.717) is 0 Å². The van der Waals surface area contributed by atoms with Crippen molar-refractivity contribution < 1.29 is 0 Å². The standard InChI is InChI=1S/C10H13N3/c1-8-9(4-2-5-11-8)10-12-6-3-7-13-10/h2,4-5H,3,6-7H2,1H3,(H,12,13). The summed E-state index contributed by atoms with van der Waals surface area (Å²) in [6.07, 6.45) is 2.94. The van der Waals surface area contributed by atoms with Crippen LogP contribution in [0, 0.1) is 6.92 Å². The van der Waals surface area contributed by atoms with Gasteiger partial charge < -0.3 is 5.32 Å². The summed E-state index contributed by atoms with van der Waals surface area (Å²) in [6.45, 7) is 3.96. The van der Waals surface area contributed by atoms with Crippen molar-refractivity contribution in [3.8, 4) is 0 Å². The molecular weight excluding hydrogens is 162 g/mol. The summed E-state index contributed by atoms with van der Waals surface area (Å²) in [5, 5.41) is 3.29. The largest absolute Gasteiger partial charge is 0.370 e. The van der Waals surface area contributed by atoms with Gasteiger partial charge in [0.2, 0.25) is 0 Å². The summed E-state index contributed by atoms with van der Waals surface area (Å²) in [5.41, 5.74) is 2.16. The van der Waals surface area contributed by atoms with Crippen molar-refractivity contribution in [2.24, 2.45) is 4.99 Å². The molecule has 1 aromatic heterocycles. The molecule has 13 heavy (non-hydrogen) atoms. The van der Waals surface area contributed by atoms with Crippen LogP contribution in [0.15, 0.2) is 23.3 Å². The van der Waals surface area contributed by atoms with E-state index < -0.39 is 0 Å². The van der Waals surface area contributed by atoms with Gasteiger partial charge in [0.15, 0.2) is 0 Å². The number of aromatic nitrogens is 1. The molecule has 0 saturated heterocycles. The Morgan fingerprint density at radius 3 is 3.08 bits per heavy atom. The molecule has 68 valence electrons. The molecule has 1 N–H and O–H groups in total. The fourth-order valence-electron chi connectivity index (χ4n) is 1.45. The molecule has 2 rings (SSSR count). The topological polar surface area (TPSA) is 37.3 Å². The monoisotopic (exact) mass is 175 g/mol. The predicted molar refractivity (Wildman–Crippen MR) is 53.0 cm³/mol. The number of pyridine rings is 1. The molecule has 0 saturated carbocycles. The number of aliphatic imine (C=N–C) groups is 1. The fraction of sp³-hybridized carbons (Fsp3) is 0.400. The van der Waals surface area contributed by atoms with E-state index in [1.807, 2.05) is 19.2 Å². The molecule has 0 radical (unpaired) electrons. The van der Waals surface area contributed by atoms with Gasteiger partial charge in [0.1, 0.15) is 5.84 Å². The molecule has 1 aliphatic heterocycles. The first kappa shape index (κ1) is 8.23. The van der Waals surface area contributed by atoms with Crippen LogP contribution in [-0.2, 0) is 0 Å². The first-order valence-corrected chi connectivity index (χ1v) is 4.58. The lowest BCUT2D eigenvalue weighted by molar-refractivity contribution is 0.741. The number of hydrogen-bond acceptors (Lipinski definition) is 3. The number of hydrogen-bond donors (Lipinski definition) is 1. The van der Waals surface area contributed by atoms with Gasteiger partial charge in [-0.25, -0.2) is 0 Å². The summed E-state index contributed by atoms with van der Waals surface area (Å²) in [5.74, 6) is 0.997. The quantitative estimate of drug-likeness (QED) is 0.694. The Labute approximate surface area is 77.9 Å². The Morgan fingerprint density at radius 1 is 1.46 bits per heavy atom. The van der Waals surface area contributed by atoms with E-state index in [1.165, 1.54) is 0 Å². The number of nitrogens with one attached hydrogen (secondary N) is 1. The minimum Gasteiger partial charge on any atom is -0.370 e. The van der Waals surface area contributed by atoms with Gasteiger partial charge in [-0.3, -0.25) is 9.98 Å². The van der Waals surface area contributed by atoms with E-state index in [-0.39, 0.29) is 0 Å². The van der Waals surface area contributed by atoms with Crippen LogP contribution in [0.3, 0.4) is 0 Å². The van der Waals surface area contributed by atoms with E-state index in [0.717, 1.165) is 36.6 Å². The molecule has 0 aliphatic carbocycles. The molecule has 3 nitrogen and oxygen atoms in total. The van der Waals surface area contributed by atoms with Crippen LogP contribution < -0.4 is 5.32 Å². The SMILES string of the molecule is Cc1ncccc1C1=NCCCN1. The van der Waals surface area contributed by atoms with E-state index >= 15 is 0 Å². The third-order valence-electron chi connectivity index (χ3n) is 2.16. The molecule has 3 heteroatoms.